The molecule has 1 rings (SSSR count). The number of hydrogen-bond donors (Lipinski definition) is 1. The van der Waals surface area contributed by atoms with Crippen LogP contribution in [0.2, 0.25) is 0 Å². The molecule has 0 atom stereocenters. The second kappa shape index (κ2) is 9.90. The fourth-order valence-corrected chi connectivity index (χ4v) is 2.01. The summed E-state index contributed by atoms with van der Waals surface area (Å²) in [5.74, 6) is 6.65. The number of rotatable bonds is 9. The molecule has 0 spiro atoms. The van der Waals surface area contributed by atoms with Gasteiger partial charge in [-0.1, -0.05) is 30.1 Å². The van der Waals surface area contributed by atoms with Gasteiger partial charge in [-0.25, -0.2) is 5.90 Å². The average Bonchev–Trinajstić information content (AvgIpc) is 2.44. The van der Waals surface area contributed by atoms with E-state index in [-0.39, 0.29) is 4.49 Å². The molecule has 0 saturated heterocycles. The molecule has 0 radical (unpaired) electrons. The Labute approximate surface area is 135 Å². The quantitative estimate of drug-likeness (QED) is 0.549. The molecule has 2 N–H and O–H groups in total. The largest absolute Gasteiger partial charge is 0.493 e. The van der Waals surface area contributed by atoms with E-state index in [1.165, 1.54) is 0 Å². The smallest absolute Gasteiger partial charge is 0.125 e. The van der Waals surface area contributed by atoms with E-state index in [4.69, 9.17) is 38.6 Å². The van der Waals surface area contributed by atoms with Crippen molar-refractivity contribution >= 4 is 23.2 Å². The number of ether oxygens (including phenoxy) is 2. The van der Waals surface area contributed by atoms with Gasteiger partial charge in [0.05, 0.1) is 13.2 Å². The van der Waals surface area contributed by atoms with Crippen LogP contribution in [-0.2, 0) is 11.3 Å². The third-order valence-electron chi connectivity index (χ3n) is 2.85. The summed E-state index contributed by atoms with van der Waals surface area (Å²) in [6, 6.07) is 3.90. The first-order valence-corrected chi connectivity index (χ1v) is 7.56. The monoisotopic (exact) mass is 333 g/mol. The van der Waals surface area contributed by atoms with Gasteiger partial charge in [-0.3, -0.25) is 0 Å². The lowest BCUT2D eigenvalue weighted by Gasteiger charge is -2.15. The van der Waals surface area contributed by atoms with Crippen LogP contribution in [0.4, 0.5) is 0 Å². The fraction of sp³-hybridized carbons (Fsp3) is 0.467. The molecule has 0 bridgehead atoms. The second-order valence-corrected chi connectivity index (χ2v) is 5.47. The molecule has 0 amide bonds. The number of benzene rings is 1. The van der Waals surface area contributed by atoms with Crippen molar-refractivity contribution in [3.63, 3.8) is 0 Å². The maximum absolute atomic E-state index is 5.81. The molecule has 0 unspecified atom stereocenters. The Bertz CT molecular complexity index is 474. The van der Waals surface area contributed by atoms with Gasteiger partial charge in [0.25, 0.3) is 0 Å². The van der Waals surface area contributed by atoms with Crippen LogP contribution >= 0.6 is 23.2 Å². The number of nitrogens with two attached hydrogens (primary N) is 1. The predicted octanol–water partition coefficient (Wildman–Crippen LogP) is 3.91. The number of aryl methyl sites for hydroxylation is 2. The lowest BCUT2D eigenvalue weighted by atomic mass is 10.1. The highest BCUT2D eigenvalue weighted by Crippen LogP contribution is 2.30. The van der Waals surface area contributed by atoms with Crippen molar-refractivity contribution in [1.82, 2.24) is 0 Å². The molecule has 1 aromatic carbocycles. The first-order valence-electron chi connectivity index (χ1n) is 6.80. The van der Waals surface area contributed by atoms with Crippen LogP contribution in [0.5, 0.6) is 11.5 Å². The van der Waals surface area contributed by atoms with Gasteiger partial charge in [0.2, 0.25) is 0 Å². The third-order valence-corrected chi connectivity index (χ3v) is 3.16. The van der Waals surface area contributed by atoms with Gasteiger partial charge in [0, 0.05) is 6.42 Å². The van der Waals surface area contributed by atoms with E-state index in [1.807, 2.05) is 19.1 Å². The van der Waals surface area contributed by atoms with E-state index in [2.05, 4.69) is 11.8 Å². The van der Waals surface area contributed by atoms with E-state index >= 15 is 0 Å². The van der Waals surface area contributed by atoms with E-state index in [0.717, 1.165) is 35.5 Å². The Hall–Kier alpha value is -0.940. The standard InChI is InChI=1S/C15H21Cl2NO3/c1-3-12-10-13(19-8-5-14(16)17)9-11(2)15(12)20-6-4-7-21-18/h5,9-10H,3-4,6-8,18H2,1-2H3. The van der Waals surface area contributed by atoms with Crippen LogP contribution in [0.15, 0.2) is 22.7 Å². The SMILES string of the molecule is CCc1cc(OCC=C(Cl)Cl)cc(C)c1OCCCON. The molecule has 6 heteroatoms. The molecular weight excluding hydrogens is 313 g/mol. The molecule has 0 aromatic heterocycles. The Balaban J connectivity index is 2.74. The average molecular weight is 334 g/mol. The lowest BCUT2D eigenvalue weighted by molar-refractivity contribution is 0.122. The summed E-state index contributed by atoms with van der Waals surface area (Å²) in [6.07, 6.45) is 3.20. The molecule has 0 saturated carbocycles. The maximum atomic E-state index is 5.81. The Kier molecular flexibility index (Phi) is 8.54. The van der Waals surface area contributed by atoms with Crippen LogP contribution in [0.3, 0.4) is 0 Å². The summed E-state index contributed by atoms with van der Waals surface area (Å²) in [5.41, 5.74) is 2.12. The van der Waals surface area contributed by atoms with E-state index in [9.17, 15) is 0 Å². The highest BCUT2D eigenvalue weighted by Gasteiger charge is 2.09. The summed E-state index contributed by atoms with van der Waals surface area (Å²) in [5, 5.41) is 0. The highest BCUT2D eigenvalue weighted by molar-refractivity contribution is 6.55. The van der Waals surface area contributed by atoms with Crippen LogP contribution < -0.4 is 15.4 Å². The minimum Gasteiger partial charge on any atom is -0.493 e. The van der Waals surface area contributed by atoms with Crippen molar-refractivity contribution in [3.8, 4) is 11.5 Å². The lowest BCUT2D eigenvalue weighted by Crippen LogP contribution is -2.08. The van der Waals surface area contributed by atoms with Gasteiger partial charge >= 0.3 is 0 Å². The topological polar surface area (TPSA) is 53.7 Å². The normalized spacial score (nSPS) is 10.3. The zero-order valence-corrected chi connectivity index (χ0v) is 13.8. The molecule has 0 fully saturated rings. The van der Waals surface area contributed by atoms with E-state index in [1.54, 1.807) is 6.08 Å². The highest BCUT2D eigenvalue weighted by atomic mass is 35.5. The molecule has 0 aliphatic heterocycles. The molecule has 4 nitrogen and oxygen atoms in total. The third kappa shape index (κ3) is 6.57. The van der Waals surface area contributed by atoms with Crippen molar-refractivity contribution in [3.05, 3.63) is 33.8 Å². The minimum absolute atomic E-state index is 0.199. The summed E-state index contributed by atoms with van der Waals surface area (Å²) in [6.45, 7) is 5.44. The van der Waals surface area contributed by atoms with Gasteiger partial charge in [0.1, 0.15) is 22.6 Å². The zero-order valence-electron chi connectivity index (χ0n) is 12.3. The van der Waals surface area contributed by atoms with Gasteiger partial charge in [-0.05, 0) is 42.7 Å². The van der Waals surface area contributed by atoms with Crippen molar-refractivity contribution in [2.75, 3.05) is 19.8 Å². The van der Waals surface area contributed by atoms with Crippen molar-refractivity contribution in [2.24, 2.45) is 5.90 Å². The molecule has 1 aromatic rings. The van der Waals surface area contributed by atoms with Crippen LogP contribution in [0.25, 0.3) is 0 Å². The van der Waals surface area contributed by atoms with Crippen LogP contribution in [-0.4, -0.2) is 19.8 Å². The van der Waals surface area contributed by atoms with Gasteiger partial charge in [-0.15, -0.1) is 0 Å². The van der Waals surface area contributed by atoms with Gasteiger partial charge in [0.15, 0.2) is 0 Å². The summed E-state index contributed by atoms with van der Waals surface area (Å²) in [7, 11) is 0. The van der Waals surface area contributed by atoms with E-state index in [0.29, 0.717) is 19.8 Å². The van der Waals surface area contributed by atoms with Crippen LogP contribution in [0, 0.1) is 6.92 Å². The van der Waals surface area contributed by atoms with Gasteiger partial charge in [-0.2, -0.15) is 0 Å². The van der Waals surface area contributed by atoms with Crippen molar-refractivity contribution < 1.29 is 14.3 Å². The fourth-order valence-electron chi connectivity index (χ4n) is 1.88. The Morgan fingerprint density at radius 3 is 2.62 bits per heavy atom. The molecular formula is C15H21Cl2NO3. The molecule has 0 heterocycles. The van der Waals surface area contributed by atoms with E-state index < -0.39 is 0 Å². The molecule has 21 heavy (non-hydrogen) atoms. The molecule has 0 aliphatic rings. The molecule has 0 aliphatic carbocycles. The summed E-state index contributed by atoms with van der Waals surface area (Å²) in [4.78, 5) is 4.52. The Morgan fingerprint density at radius 2 is 2.00 bits per heavy atom. The Morgan fingerprint density at radius 1 is 1.24 bits per heavy atom. The van der Waals surface area contributed by atoms with Crippen molar-refractivity contribution in [2.45, 2.75) is 26.7 Å². The second-order valence-electron chi connectivity index (χ2n) is 4.46. The first kappa shape index (κ1) is 18.1. The zero-order chi connectivity index (χ0) is 15.7. The summed E-state index contributed by atoms with van der Waals surface area (Å²) >= 11 is 11.1. The predicted molar refractivity (Wildman–Crippen MR) is 86.1 cm³/mol. The van der Waals surface area contributed by atoms with Gasteiger partial charge < -0.3 is 14.3 Å². The number of hydrogen-bond acceptors (Lipinski definition) is 4. The van der Waals surface area contributed by atoms with Crippen LogP contribution in [0.1, 0.15) is 24.5 Å². The molecule has 118 valence electrons. The summed E-state index contributed by atoms with van der Waals surface area (Å²) < 4.78 is 11.6. The maximum Gasteiger partial charge on any atom is 0.125 e. The number of halogens is 2. The minimum atomic E-state index is 0.199. The first-order chi connectivity index (χ1) is 10.1. The van der Waals surface area contributed by atoms with Crippen molar-refractivity contribution in [1.29, 1.82) is 0 Å².